The minimum absolute atomic E-state index is 0.125. The number of hydrogen-bond donors (Lipinski definition) is 1. The van der Waals surface area contributed by atoms with Gasteiger partial charge in [0.1, 0.15) is 67.1 Å². The molecular formula is C74H80O15. The van der Waals surface area contributed by atoms with Crippen LogP contribution in [0.15, 0.2) is 243 Å². The Balaban J connectivity index is 0.897. The van der Waals surface area contributed by atoms with Crippen molar-refractivity contribution in [2.75, 3.05) is 26.9 Å². The average molecular weight is 1210 g/mol. The molecule has 0 radical (unpaired) electrons. The molecule has 15 nitrogen and oxygen atoms in total. The molecule has 0 amide bonds. The fourth-order valence-electron chi connectivity index (χ4n) is 11.3. The summed E-state index contributed by atoms with van der Waals surface area (Å²) < 4.78 is 95.1. The van der Waals surface area contributed by atoms with Crippen molar-refractivity contribution in [1.82, 2.24) is 0 Å². The minimum Gasteiger partial charge on any atom is -0.385 e. The maximum Gasteiger partial charge on any atom is 0.187 e. The van der Waals surface area contributed by atoms with Crippen molar-refractivity contribution in [3.63, 3.8) is 0 Å². The van der Waals surface area contributed by atoms with E-state index < -0.39 is 86.0 Å². The molecule has 15 heteroatoms. The molecular weight excluding hydrogens is 1130 g/mol. The smallest absolute Gasteiger partial charge is 0.187 e. The predicted octanol–water partition coefficient (Wildman–Crippen LogP) is 11.5. The topological polar surface area (TPSA) is 149 Å². The van der Waals surface area contributed by atoms with Crippen LogP contribution in [0, 0.1) is 0 Å². The third-order valence-corrected chi connectivity index (χ3v) is 15.9. The lowest BCUT2D eigenvalue weighted by atomic mass is 9.97. The third-order valence-electron chi connectivity index (χ3n) is 15.9. The van der Waals surface area contributed by atoms with Crippen LogP contribution < -0.4 is 0 Å². The first-order valence-electron chi connectivity index (χ1n) is 30.6. The Morgan fingerprint density at radius 2 is 0.506 bits per heavy atom. The Kier molecular flexibility index (Phi) is 24.2. The lowest BCUT2D eigenvalue weighted by Crippen LogP contribution is -2.63. The first-order chi connectivity index (χ1) is 44.0. The van der Waals surface area contributed by atoms with Gasteiger partial charge in [-0.3, -0.25) is 0 Å². The van der Waals surface area contributed by atoms with Crippen LogP contribution in [0.3, 0.4) is 0 Å². The third kappa shape index (κ3) is 18.4. The van der Waals surface area contributed by atoms with Gasteiger partial charge in [0, 0.05) is 7.11 Å². The summed E-state index contributed by atoms with van der Waals surface area (Å²) >= 11 is 0. The second-order valence-corrected chi connectivity index (χ2v) is 22.4. The summed E-state index contributed by atoms with van der Waals surface area (Å²) in [6, 6.07) is 79.3. The summed E-state index contributed by atoms with van der Waals surface area (Å²) in [4.78, 5) is 0. The van der Waals surface area contributed by atoms with Crippen molar-refractivity contribution >= 4 is 0 Å². The van der Waals surface area contributed by atoms with Crippen molar-refractivity contribution < 1.29 is 71.4 Å². The van der Waals surface area contributed by atoms with E-state index >= 15 is 0 Å². The second kappa shape index (κ2) is 33.8. The van der Waals surface area contributed by atoms with Gasteiger partial charge in [-0.25, -0.2) is 0 Å². The average Bonchev–Trinajstić information content (AvgIpc) is 2.14. The molecule has 8 aromatic rings. The Morgan fingerprint density at radius 1 is 0.258 bits per heavy atom. The largest absolute Gasteiger partial charge is 0.385 e. The molecule has 3 aliphatic heterocycles. The van der Waals surface area contributed by atoms with Crippen molar-refractivity contribution in [2.45, 2.75) is 139 Å². The van der Waals surface area contributed by atoms with Crippen LogP contribution in [0.2, 0.25) is 0 Å². The maximum absolute atomic E-state index is 12.8. The van der Waals surface area contributed by atoms with Gasteiger partial charge in [-0.15, -0.1) is 0 Å². The zero-order chi connectivity index (χ0) is 60.7. The monoisotopic (exact) mass is 1210 g/mol. The lowest BCUT2D eigenvalue weighted by molar-refractivity contribution is -0.349. The highest BCUT2D eigenvalue weighted by molar-refractivity contribution is 5.20. The minimum atomic E-state index is -1.40. The summed E-state index contributed by atoms with van der Waals surface area (Å²) in [6.45, 7) is 1.82. The number of hydrogen-bond acceptors (Lipinski definition) is 15. The van der Waals surface area contributed by atoms with Gasteiger partial charge in [0.25, 0.3) is 0 Å². The quantitative estimate of drug-likeness (QED) is 0.0426. The SMILES string of the molecule is CO[C@H]1O[C@H](COC2O[C@H](CO[C@H]3O[C@H](COCc4ccccc4)[C@@H](OCc4ccccc4)[C@@H]3OCc3ccccc3)[C@@H](OCc3ccccc3)[C@H](OCc3ccccc3)[C@@H]2O)[C@@H](OCc2ccccc2)[C@H](OCc2ccccc2)[C@@H]1OCc1ccccc1. The van der Waals surface area contributed by atoms with Crippen LogP contribution in [-0.4, -0.2) is 118 Å². The Bertz CT molecular complexity index is 3200. The fourth-order valence-corrected chi connectivity index (χ4v) is 11.3. The summed E-state index contributed by atoms with van der Waals surface area (Å²) in [5.74, 6) is 0. The van der Waals surface area contributed by atoms with E-state index in [0.29, 0.717) is 6.61 Å². The van der Waals surface area contributed by atoms with Gasteiger partial charge in [-0.1, -0.05) is 243 Å². The zero-order valence-electron chi connectivity index (χ0n) is 50.1. The van der Waals surface area contributed by atoms with E-state index in [9.17, 15) is 5.11 Å². The van der Waals surface area contributed by atoms with Gasteiger partial charge < -0.3 is 71.4 Å². The first kappa shape index (κ1) is 63.7. The van der Waals surface area contributed by atoms with Crippen molar-refractivity contribution in [1.29, 1.82) is 0 Å². The molecule has 0 aliphatic carbocycles. The molecule has 8 aromatic carbocycles. The van der Waals surface area contributed by atoms with Gasteiger partial charge in [0.2, 0.25) is 0 Å². The molecule has 0 aromatic heterocycles. The Hall–Kier alpha value is -6.84. The normalized spacial score (nSPS) is 26.0. The van der Waals surface area contributed by atoms with E-state index in [1.807, 2.05) is 243 Å². The summed E-state index contributed by atoms with van der Waals surface area (Å²) in [7, 11) is 1.58. The van der Waals surface area contributed by atoms with Gasteiger partial charge >= 0.3 is 0 Å². The van der Waals surface area contributed by atoms with Crippen LogP contribution in [-0.2, 0) is 119 Å². The number of aliphatic hydroxyl groups is 1. The maximum atomic E-state index is 12.8. The number of rotatable bonds is 32. The zero-order valence-corrected chi connectivity index (χ0v) is 50.1. The number of aliphatic hydroxyl groups excluding tert-OH is 1. The van der Waals surface area contributed by atoms with Crippen LogP contribution >= 0.6 is 0 Å². The summed E-state index contributed by atoms with van der Waals surface area (Å²) in [5.41, 5.74) is 7.64. The van der Waals surface area contributed by atoms with E-state index in [1.165, 1.54) is 0 Å². The highest BCUT2D eigenvalue weighted by Crippen LogP contribution is 2.36. The molecule has 0 bridgehead atoms. The molecule has 14 atom stereocenters. The molecule has 11 rings (SSSR count). The second-order valence-electron chi connectivity index (χ2n) is 22.4. The fraction of sp³-hybridized carbons (Fsp3) is 0.351. The molecule has 3 fully saturated rings. The number of ether oxygens (including phenoxy) is 14. The number of benzene rings is 8. The molecule has 466 valence electrons. The molecule has 89 heavy (non-hydrogen) atoms. The van der Waals surface area contributed by atoms with Crippen LogP contribution in [0.25, 0.3) is 0 Å². The number of methoxy groups -OCH3 is 1. The Morgan fingerprint density at radius 3 is 0.865 bits per heavy atom. The van der Waals surface area contributed by atoms with E-state index in [0.717, 1.165) is 44.5 Å². The van der Waals surface area contributed by atoms with Crippen molar-refractivity contribution in [3.05, 3.63) is 287 Å². The van der Waals surface area contributed by atoms with E-state index in [4.69, 9.17) is 66.3 Å². The molecule has 0 spiro atoms. The highest BCUT2D eigenvalue weighted by Gasteiger charge is 2.53. The van der Waals surface area contributed by atoms with Crippen LogP contribution in [0.4, 0.5) is 0 Å². The molecule has 1 unspecified atom stereocenters. The van der Waals surface area contributed by atoms with Crippen molar-refractivity contribution in [2.24, 2.45) is 0 Å². The summed E-state index contributed by atoms with van der Waals surface area (Å²) in [6.07, 6.45) is -12.7. The molecule has 3 heterocycles. The van der Waals surface area contributed by atoms with Gasteiger partial charge in [0.05, 0.1) is 72.7 Å². The van der Waals surface area contributed by atoms with E-state index in [1.54, 1.807) is 7.11 Å². The predicted molar refractivity (Wildman–Crippen MR) is 332 cm³/mol. The van der Waals surface area contributed by atoms with Crippen LogP contribution in [0.1, 0.15) is 44.5 Å². The van der Waals surface area contributed by atoms with Crippen LogP contribution in [0.5, 0.6) is 0 Å². The molecule has 3 saturated heterocycles. The van der Waals surface area contributed by atoms with Crippen molar-refractivity contribution in [3.8, 4) is 0 Å². The molecule has 0 saturated carbocycles. The first-order valence-corrected chi connectivity index (χ1v) is 30.6. The summed E-state index contributed by atoms with van der Waals surface area (Å²) in [5, 5.41) is 12.8. The molecule has 3 aliphatic rings. The Labute approximate surface area is 522 Å². The molecule has 1 N–H and O–H groups in total. The highest BCUT2D eigenvalue weighted by atomic mass is 16.8. The lowest BCUT2D eigenvalue weighted by Gasteiger charge is -2.47. The van der Waals surface area contributed by atoms with Gasteiger partial charge in [-0.2, -0.15) is 0 Å². The van der Waals surface area contributed by atoms with Gasteiger partial charge in [-0.05, 0) is 44.5 Å². The van der Waals surface area contributed by atoms with E-state index in [2.05, 4.69) is 0 Å². The van der Waals surface area contributed by atoms with E-state index in [-0.39, 0.29) is 66.1 Å². The standard InChI is InChI=1S/C74H80O15/c1-76-73-71(84-49-60-40-24-9-25-41-60)69(82-47-58-36-20-7-21-37-58)66(79-44-55-30-14-4-15-31-55)63(88-73)51-85-72-64(75)68(81-46-57-34-18-6-19-35-57)65(78-43-54-28-12-3-13-29-54)62(87-72)52-86-74-70(83-48-59-38-22-8-23-39-59)67(80-45-56-32-16-5-17-33-56)61(89-74)50-77-42-53-26-10-2-11-27-53/h2-41,61-75H,42-52H2,1H3/t61-,62-,63-,64+,65-,66-,67-,68-,69+,70+,71+,72?,73+,74+/m1/s1. The van der Waals surface area contributed by atoms with Gasteiger partial charge in [0.15, 0.2) is 18.9 Å².